The number of halogens is 1. The SMILES string of the molecule is CN=C(NCC1(C2CC2)CC1)NC(C)c1ccccc1C.I. The van der Waals surface area contributed by atoms with Gasteiger partial charge < -0.3 is 10.6 Å². The summed E-state index contributed by atoms with van der Waals surface area (Å²) in [4.78, 5) is 4.39. The number of guanidine groups is 1. The molecule has 0 amide bonds. The number of hydrogen-bond donors (Lipinski definition) is 2. The molecule has 0 aromatic heterocycles. The van der Waals surface area contributed by atoms with Crippen molar-refractivity contribution in [2.75, 3.05) is 13.6 Å². The van der Waals surface area contributed by atoms with E-state index in [0.29, 0.717) is 5.41 Å². The second-order valence-electron chi connectivity index (χ2n) is 6.79. The van der Waals surface area contributed by atoms with Gasteiger partial charge in [-0.05, 0) is 62.0 Å². The average Bonchev–Trinajstić information content (AvgIpc) is 3.37. The summed E-state index contributed by atoms with van der Waals surface area (Å²) < 4.78 is 0. The zero-order valence-electron chi connectivity index (χ0n) is 13.9. The number of hydrogen-bond acceptors (Lipinski definition) is 1. The number of aliphatic imine (C=N–C) groups is 1. The maximum absolute atomic E-state index is 4.39. The Bertz CT molecular complexity index is 533. The van der Waals surface area contributed by atoms with E-state index in [1.165, 1.54) is 36.8 Å². The van der Waals surface area contributed by atoms with E-state index in [9.17, 15) is 0 Å². The highest BCUT2D eigenvalue weighted by Crippen LogP contribution is 2.60. The number of nitrogens with zero attached hydrogens (tertiary/aromatic N) is 1. The first-order valence-electron chi connectivity index (χ1n) is 8.17. The summed E-state index contributed by atoms with van der Waals surface area (Å²) in [6.45, 7) is 5.44. The van der Waals surface area contributed by atoms with Crippen molar-refractivity contribution in [3.63, 3.8) is 0 Å². The van der Waals surface area contributed by atoms with Crippen LogP contribution in [0.2, 0.25) is 0 Å². The van der Waals surface area contributed by atoms with E-state index < -0.39 is 0 Å². The van der Waals surface area contributed by atoms with Gasteiger partial charge in [-0.15, -0.1) is 24.0 Å². The molecule has 2 aliphatic rings. The van der Waals surface area contributed by atoms with E-state index in [1.54, 1.807) is 0 Å². The highest BCUT2D eigenvalue weighted by atomic mass is 127. The number of rotatable bonds is 5. The third-order valence-corrected chi connectivity index (χ3v) is 5.18. The van der Waals surface area contributed by atoms with Crippen LogP contribution < -0.4 is 10.6 Å². The van der Waals surface area contributed by atoms with Crippen LogP contribution in [0.3, 0.4) is 0 Å². The molecule has 3 nitrogen and oxygen atoms in total. The monoisotopic (exact) mass is 413 g/mol. The van der Waals surface area contributed by atoms with Crippen LogP contribution in [0.25, 0.3) is 0 Å². The fraction of sp³-hybridized carbons (Fsp3) is 0.611. The van der Waals surface area contributed by atoms with Gasteiger partial charge in [0.1, 0.15) is 0 Å². The van der Waals surface area contributed by atoms with Crippen LogP contribution in [0.15, 0.2) is 29.3 Å². The van der Waals surface area contributed by atoms with E-state index in [0.717, 1.165) is 18.4 Å². The van der Waals surface area contributed by atoms with E-state index in [4.69, 9.17) is 0 Å². The van der Waals surface area contributed by atoms with E-state index in [1.807, 2.05) is 7.05 Å². The van der Waals surface area contributed by atoms with Crippen LogP contribution in [0, 0.1) is 18.3 Å². The maximum Gasteiger partial charge on any atom is 0.191 e. The van der Waals surface area contributed by atoms with Crippen molar-refractivity contribution >= 4 is 29.9 Å². The molecule has 1 unspecified atom stereocenters. The minimum absolute atomic E-state index is 0. The van der Waals surface area contributed by atoms with Crippen LogP contribution in [0.4, 0.5) is 0 Å². The lowest BCUT2D eigenvalue weighted by Gasteiger charge is -2.22. The molecular weight excluding hydrogens is 385 g/mol. The first-order chi connectivity index (χ1) is 10.1. The van der Waals surface area contributed by atoms with Gasteiger partial charge in [-0.2, -0.15) is 0 Å². The molecule has 2 saturated carbocycles. The minimum Gasteiger partial charge on any atom is -0.356 e. The minimum atomic E-state index is 0. The summed E-state index contributed by atoms with van der Waals surface area (Å²) >= 11 is 0. The van der Waals surface area contributed by atoms with E-state index in [2.05, 4.69) is 53.7 Å². The molecule has 2 fully saturated rings. The summed E-state index contributed by atoms with van der Waals surface area (Å²) in [5.41, 5.74) is 3.26. The molecule has 0 radical (unpaired) electrons. The predicted octanol–water partition coefficient (Wildman–Crippen LogP) is 4.03. The highest BCUT2D eigenvalue weighted by Gasteiger charge is 2.53. The third-order valence-electron chi connectivity index (χ3n) is 5.18. The smallest absolute Gasteiger partial charge is 0.191 e. The first-order valence-corrected chi connectivity index (χ1v) is 8.17. The fourth-order valence-electron chi connectivity index (χ4n) is 3.40. The lowest BCUT2D eigenvalue weighted by atomic mass is 10.0. The Labute approximate surface area is 151 Å². The number of nitrogens with one attached hydrogen (secondary N) is 2. The van der Waals surface area contributed by atoms with E-state index in [-0.39, 0.29) is 30.0 Å². The van der Waals surface area contributed by atoms with Crippen molar-refractivity contribution in [3.05, 3.63) is 35.4 Å². The predicted molar refractivity (Wildman–Crippen MR) is 104 cm³/mol. The van der Waals surface area contributed by atoms with Gasteiger partial charge in [0.15, 0.2) is 5.96 Å². The summed E-state index contributed by atoms with van der Waals surface area (Å²) in [6, 6.07) is 8.81. The molecule has 3 rings (SSSR count). The van der Waals surface area contributed by atoms with Gasteiger partial charge in [-0.3, -0.25) is 4.99 Å². The van der Waals surface area contributed by atoms with Gasteiger partial charge >= 0.3 is 0 Å². The molecule has 1 aromatic rings. The first kappa shape index (κ1) is 17.6. The van der Waals surface area contributed by atoms with Gasteiger partial charge in [0.25, 0.3) is 0 Å². The standard InChI is InChI=1S/C18H27N3.HI/c1-13-6-4-5-7-16(13)14(2)21-17(19-3)20-12-18(10-11-18)15-8-9-15;/h4-7,14-15H,8-12H2,1-3H3,(H2,19,20,21);1H. The van der Waals surface area contributed by atoms with Crippen molar-refractivity contribution in [1.82, 2.24) is 10.6 Å². The number of benzene rings is 1. The van der Waals surface area contributed by atoms with Crippen molar-refractivity contribution in [1.29, 1.82) is 0 Å². The zero-order valence-corrected chi connectivity index (χ0v) is 16.2. The maximum atomic E-state index is 4.39. The third kappa shape index (κ3) is 3.94. The topological polar surface area (TPSA) is 36.4 Å². The highest BCUT2D eigenvalue weighted by molar-refractivity contribution is 14.0. The van der Waals surface area contributed by atoms with Crippen molar-refractivity contribution in [3.8, 4) is 0 Å². The Kier molecular flexibility index (Phi) is 5.75. The molecular formula is C18H28IN3. The molecule has 1 atom stereocenters. The van der Waals surface area contributed by atoms with Crippen LogP contribution in [0.5, 0.6) is 0 Å². The number of aryl methyl sites for hydroxylation is 1. The Balaban J connectivity index is 0.00000176. The second kappa shape index (κ2) is 7.20. The molecule has 4 heteroatoms. The normalized spacial score (nSPS) is 20.8. The Morgan fingerprint density at radius 3 is 2.55 bits per heavy atom. The summed E-state index contributed by atoms with van der Waals surface area (Å²) in [7, 11) is 1.86. The molecule has 22 heavy (non-hydrogen) atoms. The van der Waals surface area contributed by atoms with Crippen LogP contribution >= 0.6 is 24.0 Å². The van der Waals surface area contributed by atoms with Gasteiger partial charge in [0.2, 0.25) is 0 Å². The quantitative estimate of drug-likeness (QED) is 0.435. The van der Waals surface area contributed by atoms with Gasteiger partial charge in [-0.25, -0.2) is 0 Å². The molecule has 0 saturated heterocycles. The summed E-state index contributed by atoms with van der Waals surface area (Å²) in [6.07, 6.45) is 5.67. The molecule has 1 aromatic carbocycles. The lowest BCUT2D eigenvalue weighted by molar-refractivity contribution is 0.430. The molecule has 122 valence electrons. The van der Waals surface area contributed by atoms with Crippen LogP contribution in [-0.2, 0) is 0 Å². The Hall–Kier alpha value is -0.780. The van der Waals surface area contributed by atoms with Crippen molar-refractivity contribution in [2.45, 2.75) is 45.6 Å². The zero-order chi connectivity index (χ0) is 14.9. The van der Waals surface area contributed by atoms with Crippen molar-refractivity contribution in [2.24, 2.45) is 16.3 Å². The Morgan fingerprint density at radius 2 is 2.00 bits per heavy atom. The summed E-state index contributed by atoms with van der Waals surface area (Å²) in [5.74, 6) is 1.91. The van der Waals surface area contributed by atoms with Gasteiger partial charge in [-0.1, -0.05) is 24.3 Å². The lowest BCUT2D eigenvalue weighted by Crippen LogP contribution is -2.41. The van der Waals surface area contributed by atoms with Gasteiger partial charge in [0, 0.05) is 13.6 Å². The molecule has 0 heterocycles. The molecule has 2 aliphatic carbocycles. The van der Waals surface area contributed by atoms with Crippen molar-refractivity contribution < 1.29 is 0 Å². The molecule has 0 bridgehead atoms. The van der Waals surface area contributed by atoms with Crippen LogP contribution in [-0.4, -0.2) is 19.6 Å². The fourth-order valence-corrected chi connectivity index (χ4v) is 3.40. The summed E-state index contributed by atoms with van der Waals surface area (Å²) in [5, 5.41) is 7.07. The molecule has 2 N–H and O–H groups in total. The van der Waals surface area contributed by atoms with E-state index >= 15 is 0 Å². The molecule has 0 aliphatic heterocycles. The van der Waals surface area contributed by atoms with Gasteiger partial charge in [0.05, 0.1) is 6.04 Å². The molecule has 0 spiro atoms. The Morgan fingerprint density at radius 1 is 1.32 bits per heavy atom. The largest absolute Gasteiger partial charge is 0.356 e. The second-order valence-corrected chi connectivity index (χ2v) is 6.79. The van der Waals surface area contributed by atoms with Crippen LogP contribution in [0.1, 0.15) is 49.8 Å². The average molecular weight is 413 g/mol.